The first-order valence-electron chi connectivity index (χ1n) is 10.6. The van der Waals surface area contributed by atoms with Crippen molar-refractivity contribution in [3.63, 3.8) is 0 Å². The van der Waals surface area contributed by atoms with E-state index in [4.69, 9.17) is 4.98 Å². The van der Waals surface area contributed by atoms with E-state index in [1.165, 1.54) is 12.8 Å². The number of carbonyl (C=O) groups excluding carboxylic acids is 2. The van der Waals surface area contributed by atoms with Crippen LogP contribution < -0.4 is 10.6 Å². The van der Waals surface area contributed by atoms with Gasteiger partial charge in [-0.15, -0.1) is 0 Å². The molecule has 4 heterocycles. The Hall–Kier alpha value is -2.61. The lowest BCUT2D eigenvalue weighted by atomic mass is 10.2. The topological polar surface area (TPSA) is 82.0 Å². The maximum atomic E-state index is 13.3. The van der Waals surface area contributed by atoms with Crippen LogP contribution in [0.4, 0.5) is 4.79 Å². The van der Waals surface area contributed by atoms with Crippen LogP contribution in [0.2, 0.25) is 0 Å². The molecule has 0 radical (unpaired) electrons. The quantitative estimate of drug-likeness (QED) is 0.727. The number of pyridine rings is 1. The molecule has 2 saturated heterocycles. The van der Waals surface area contributed by atoms with Crippen LogP contribution >= 0.6 is 0 Å². The largest absolute Gasteiger partial charge is 0.337 e. The Balaban J connectivity index is 1.51. The highest BCUT2D eigenvalue weighted by Crippen LogP contribution is 2.19. The molecule has 0 bridgehead atoms. The van der Waals surface area contributed by atoms with Gasteiger partial charge in [0, 0.05) is 52.0 Å². The number of hydrogen-bond donors (Lipinski definition) is 2. The fraction of sp³-hybridized carbons (Fsp3) is 0.571. The van der Waals surface area contributed by atoms with Crippen molar-refractivity contribution in [2.75, 3.05) is 39.3 Å². The van der Waals surface area contributed by atoms with Crippen LogP contribution in [0.1, 0.15) is 47.4 Å². The van der Waals surface area contributed by atoms with Crippen molar-refractivity contribution < 1.29 is 9.59 Å². The molecule has 0 spiro atoms. The second-order valence-corrected chi connectivity index (χ2v) is 7.94. The van der Waals surface area contributed by atoms with E-state index in [0.717, 1.165) is 49.4 Å². The zero-order chi connectivity index (χ0) is 20.2. The Morgan fingerprint density at radius 2 is 2.00 bits per heavy atom. The summed E-state index contributed by atoms with van der Waals surface area (Å²) in [4.78, 5) is 33.4. The van der Waals surface area contributed by atoms with Crippen molar-refractivity contribution >= 4 is 17.6 Å². The predicted octanol–water partition coefficient (Wildman–Crippen LogP) is 1.77. The van der Waals surface area contributed by atoms with Crippen LogP contribution in [-0.2, 0) is 6.54 Å². The lowest BCUT2D eigenvalue weighted by Crippen LogP contribution is -2.35. The van der Waals surface area contributed by atoms with Crippen LogP contribution in [0.5, 0.6) is 0 Å². The molecule has 2 aromatic rings. The third-order valence-electron chi connectivity index (χ3n) is 5.77. The van der Waals surface area contributed by atoms with Gasteiger partial charge < -0.3 is 24.8 Å². The molecule has 8 nitrogen and oxygen atoms in total. The van der Waals surface area contributed by atoms with E-state index >= 15 is 0 Å². The van der Waals surface area contributed by atoms with Gasteiger partial charge in [0.25, 0.3) is 5.91 Å². The molecular formula is C21H30N6O2. The zero-order valence-corrected chi connectivity index (χ0v) is 17.1. The average Bonchev–Trinajstić information content (AvgIpc) is 3.15. The molecular weight excluding hydrogens is 368 g/mol. The molecule has 2 fully saturated rings. The van der Waals surface area contributed by atoms with Crippen molar-refractivity contribution in [2.24, 2.45) is 0 Å². The highest BCUT2D eigenvalue weighted by atomic mass is 16.2. The van der Waals surface area contributed by atoms with Gasteiger partial charge in [0.2, 0.25) is 0 Å². The number of nitrogens with one attached hydrogen (secondary N) is 2. The Labute approximate surface area is 171 Å². The zero-order valence-electron chi connectivity index (χ0n) is 17.1. The molecule has 2 N–H and O–H groups in total. The fourth-order valence-electron chi connectivity index (χ4n) is 4.11. The molecule has 0 unspecified atom stereocenters. The van der Waals surface area contributed by atoms with Crippen LogP contribution in [0.25, 0.3) is 5.65 Å². The third-order valence-corrected chi connectivity index (χ3v) is 5.77. The molecule has 29 heavy (non-hydrogen) atoms. The lowest BCUT2D eigenvalue weighted by molar-refractivity contribution is 0.0755. The van der Waals surface area contributed by atoms with E-state index in [2.05, 4.69) is 10.6 Å². The van der Waals surface area contributed by atoms with E-state index in [1.54, 1.807) is 4.90 Å². The number of urea groups is 1. The van der Waals surface area contributed by atoms with Gasteiger partial charge in [0.05, 0.1) is 5.69 Å². The first-order valence-corrected chi connectivity index (χ1v) is 10.6. The number of carbonyl (C=O) groups is 2. The summed E-state index contributed by atoms with van der Waals surface area (Å²) in [5.74, 6) is 0.0315. The standard InChI is InChI=1S/C21H30N6O2/c1-16-6-11-27-17(15-22-7-12-26-13-8-23-21(26)29)19(24-18(27)14-16)20(28)25-9-4-2-3-5-10-25/h6,11,14,22H,2-5,7-10,12-13,15H2,1H3,(H,23,29). The van der Waals surface area contributed by atoms with Crippen molar-refractivity contribution in [3.05, 3.63) is 35.3 Å². The summed E-state index contributed by atoms with van der Waals surface area (Å²) >= 11 is 0. The van der Waals surface area contributed by atoms with E-state index in [9.17, 15) is 9.59 Å². The second kappa shape index (κ2) is 8.82. The van der Waals surface area contributed by atoms with Gasteiger partial charge in [-0.2, -0.15) is 0 Å². The first kappa shape index (κ1) is 19.7. The Bertz CT molecular complexity index is 885. The van der Waals surface area contributed by atoms with Crippen molar-refractivity contribution in [1.29, 1.82) is 0 Å². The minimum absolute atomic E-state index is 0.00546. The summed E-state index contributed by atoms with van der Waals surface area (Å²) in [5, 5.41) is 6.21. The van der Waals surface area contributed by atoms with Gasteiger partial charge in [-0.25, -0.2) is 9.78 Å². The third kappa shape index (κ3) is 4.37. The number of aryl methyl sites for hydroxylation is 1. The number of nitrogens with zero attached hydrogens (tertiary/aromatic N) is 4. The minimum Gasteiger partial charge on any atom is -0.337 e. The van der Waals surface area contributed by atoms with Gasteiger partial charge in [-0.05, 0) is 37.5 Å². The van der Waals surface area contributed by atoms with E-state index < -0.39 is 0 Å². The van der Waals surface area contributed by atoms with Gasteiger partial charge in [0.15, 0.2) is 5.69 Å². The van der Waals surface area contributed by atoms with Crippen LogP contribution in [0.3, 0.4) is 0 Å². The molecule has 3 amide bonds. The smallest absolute Gasteiger partial charge is 0.317 e. The molecule has 0 aromatic carbocycles. The van der Waals surface area contributed by atoms with Crippen LogP contribution in [-0.4, -0.2) is 70.4 Å². The molecule has 8 heteroatoms. The highest BCUT2D eigenvalue weighted by Gasteiger charge is 2.25. The van der Waals surface area contributed by atoms with E-state index in [0.29, 0.717) is 31.9 Å². The Kier molecular flexibility index (Phi) is 5.99. The number of rotatable bonds is 6. The minimum atomic E-state index is -0.00546. The summed E-state index contributed by atoms with van der Waals surface area (Å²) in [6.07, 6.45) is 6.48. The summed E-state index contributed by atoms with van der Waals surface area (Å²) in [6, 6.07) is 4.04. The van der Waals surface area contributed by atoms with Gasteiger partial charge >= 0.3 is 6.03 Å². The van der Waals surface area contributed by atoms with Crippen LogP contribution in [0, 0.1) is 6.92 Å². The number of fused-ring (bicyclic) bond motifs is 1. The predicted molar refractivity (Wildman–Crippen MR) is 111 cm³/mol. The molecule has 0 saturated carbocycles. The Morgan fingerprint density at radius 1 is 1.21 bits per heavy atom. The Morgan fingerprint density at radius 3 is 2.72 bits per heavy atom. The maximum absolute atomic E-state index is 13.3. The molecule has 2 aliphatic rings. The summed E-state index contributed by atoms with van der Waals surface area (Å²) in [7, 11) is 0. The SMILES string of the molecule is Cc1ccn2c(CNCCN3CCNC3=O)c(C(=O)N3CCCCCC3)nc2c1. The highest BCUT2D eigenvalue weighted by molar-refractivity contribution is 5.94. The average molecular weight is 399 g/mol. The molecule has 4 rings (SSSR count). The van der Waals surface area contributed by atoms with Crippen molar-refractivity contribution in [1.82, 2.24) is 29.8 Å². The van der Waals surface area contributed by atoms with Gasteiger partial charge in [-0.1, -0.05) is 12.8 Å². The van der Waals surface area contributed by atoms with Crippen molar-refractivity contribution in [2.45, 2.75) is 39.2 Å². The van der Waals surface area contributed by atoms with E-state index in [-0.39, 0.29) is 11.9 Å². The second-order valence-electron chi connectivity index (χ2n) is 7.94. The van der Waals surface area contributed by atoms with E-state index in [1.807, 2.05) is 34.6 Å². The van der Waals surface area contributed by atoms with Crippen LogP contribution in [0.15, 0.2) is 18.3 Å². The fourth-order valence-corrected chi connectivity index (χ4v) is 4.11. The number of hydrogen-bond acceptors (Lipinski definition) is 4. The summed E-state index contributed by atoms with van der Waals surface area (Å²) < 4.78 is 2.01. The van der Waals surface area contributed by atoms with Gasteiger partial charge in [-0.3, -0.25) is 4.79 Å². The number of imidazole rings is 1. The van der Waals surface area contributed by atoms with Gasteiger partial charge in [0.1, 0.15) is 5.65 Å². The molecule has 0 atom stereocenters. The summed E-state index contributed by atoms with van der Waals surface area (Å²) in [5.41, 5.74) is 3.36. The normalized spacial score (nSPS) is 17.6. The number of amides is 3. The molecule has 156 valence electrons. The maximum Gasteiger partial charge on any atom is 0.317 e. The molecule has 2 aromatic heterocycles. The molecule has 0 aliphatic carbocycles. The lowest BCUT2D eigenvalue weighted by Gasteiger charge is -2.20. The number of likely N-dealkylation sites (tertiary alicyclic amines) is 1. The molecule has 2 aliphatic heterocycles. The first-order chi connectivity index (χ1) is 14.1. The summed E-state index contributed by atoms with van der Waals surface area (Å²) in [6.45, 7) is 6.96. The number of aromatic nitrogens is 2. The van der Waals surface area contributed by atoms with Crippen molar-refractivity contribution in [3.8, 4) is 0 Å². The monoisotopic (exact) mass is 398 g/mol.